The van der Waals surface area contributed by atoms with E-state index >= 15 is 0 Å². The van der Waals surface area contributed by atoms with E-state index in [0.717, 1.165) is 0 Å². The number of ether oxygens (including phenoxy) is 2. The molecule has 0 saturated carbocycles. The molecule has 1 fully saturated rings. The minimum absolute atomic E-state index is 0.0860. The summed E-state index contributed by atoms with van der Waals surface area (Å²) in [5, 5.41) is 0. The third-order valence-corrected chi connectivity index (χ3v) is 6.43. The van der Waals surface area contributed by atoms with Crippen molar-refractivity contribution < 1.29 is 22.7 Å². The fourth-order valence-electron chi connectivity index (χ4n) is 3.20. The summed E-state index contributed by atoms with van der Waals surface area (Å²) in [4.78, 5) is 12.9. The highest BCUT2D eigenvalue weighted by Gasteiger charge is 2.39. The molecule has 6 nitrogen and oxygen atoms in total. The smallest absolute Gasteiger partial charge is 0.243 e. The van der Waals surface area contributed by atoms with Gasteiger partial charge in [0, 0.05) is 18.2 Å². The first-order valence-electron chi connectivity index (χ1n) is 8.32. The van der Waals surface area contributed by atoms with E-state index < -0.39 is 16.1 Å². The number of ketones is 1. The molecule has 1 atom stereocenters. The van der Waals surface area contributed by atoms with Gasteiger partial charge in [0.25, 0.3) is 0 Å². The van der Waals surface area contributed by atoms with Crippen LogP contribution < -0.4 is 9.47 Å². The van der Waals surface area contributed by atoms with Crippen molar-refractivity contribution in [2.75, 3.05) is 20.8 Å². The van der Waals surface area contributed by atoms with Crippen molar-refractivity contribution in [2.24, 2.45) is 0 Å². The number of hydrogen-bond acceptors (Lipinski definition) is 5. The second-order valence-corrected chi connectivity index (χ2v) is 7.91. The van der Waals surface area contributed by atoms with Gasteiger partial charge in [-0.3, -0.25) is 4.79 Å². The van der Waals surface area contributed by atoms with E-state index in [1.165, 1.54) is 30.7 Å². The Balaban J connectivity index is 1.94. The van der Waals surface area contributed by atoms with Crippen LogP contribution in [0.15, 0.2) is 53.4 Å². The van der Waals surface area contributed by atoms with E-state index in [0.29, 0.717) is 36.4 Å². The van der Waals surface area contributed by atoms with Crippen molar-refractivity contribution in [3.63, 3.8) is 0 Å². The summed E-state index contributed by atoms with van der Waals surface area (Å²) in [5.41, 5.74) is 0.520. The van der Waals surface area contributed by atoms with Gasteiger partial charge in [0.05, 0.1) is 25.2 Å². The van der Waals surface area contributed by atoms with Crippen LogP contribution in [0.4, 0.5) is 0 Å². The van der Waals surface area contributed by atoms with Crippen LogP contribution in [0.2, 0.25) is 0 Å². The Bertz CT molecular complexity index is 895. The molecule has 26 heavy (non-hydrogen) atoms. The molecule has 0 spiro atoms. The van der Waals surface area contributed by atoms with E-state index in [1.54, 1.807) is 30.3 Å². The zero-order valence-corrected chi connectivity index (χ0v) is 15.5. The number of rotatable bonds is 6. The predicted octanol–water partition coefficient (Wildman–Crippen LogP) is 2.74. The molecule has 1 aliphatic rings. The Kier molecular flexibility index (Phi) is 5.29. The van der Waals surface area contributed by atoms with Gasteiger partial charge in [-0.1, -0.05) is 30.3 Å². The third kappa shape index (κ3) is 3.32. The molecule has 3 rings (SSSR count). The van der Waals surface area contributed by atoms with Gasteiger partial charge in [0.15, 0.2) is 17.3 Å². The summed E-state index contributed by atoms with van der Waals surface area (Å²) in [5.74, 6) is 0.607. The van der Waals surface area contributed by atoms with E-state index in [1.807, 2.05) is 6.07 Å². The fraction of sp³-hybridized carbons (Fsp3) is 0.316. The van der Waals surface area contributed by atoms with Crippen LogP contribution in [-0.4, -0.2) is 45.3 Å². The molecule has 2 aromatic rings. The van der Waals surface area contributed by atoms with Gasteiger partial charge in [-0.15, -0.1) is 0 Å². The summed E-state index contributed by atoms with van der Waals surface area (Å²) in [6.07, 6.45) is 1.16. The number of benzene rings is 2. The summed E-state index contributed by atoms with van der Waals surface area (Å²) in [6.45, 7) is 0.319. The van der Waals surface area contributed by atoms with Crippen molar-refractivity contribution in [2.45, 2.75) is 23.8 Å². The van der Waals surface area contributed by atoms with E-state index in [-0.39, 0.29) is 10.7 Å². The first-order chi connectivity index (χ1) is 12.5. The summed E-state index contributed by atoms with van der Waals surface area (Å²) >= 11 is 0. The maximum absolute atomic E-state index is 13.1. The maximum atomic E-state index is 13.1. The number of carbonyl (C=O) groups is 1. The Morgan fingerprint density at radius 3 is 2.38 bits per heavy atom. The zero-order chi connectivity index (χ0) is 18.7. The first-order valence-corrected chi connectivity index (χ1v) is 9.76. The summed E-state index contributed by atoms with van der Waals surface area (Å²) < 4.78 is 37.9. The standard InChI is InChI=1S/C19H21NO5S/c1-24-17-11-10-15(13-18(17)25-2)26(22,23)20-12-6-9-16(20)19(21)14-7-4-3-5-8-14/h3-5,7-8,10-11,13,16H,6,9,12H2,1-2H3. The largest absolute Gasteiger partial charge is 0.493 e. The number of methoxy groups -OCH3 is 2. The van der Waals surface area contributed by atoms with Crippen LogP contribution in [0.25, 0.3) is 0 Å². The van der Waals surface area contributed by atoms with Crippen LogP contribution in [0, 0.1) is 0 Å². The highest BCUT2D eigenvalue weighted by molar-refractivity contribution is 7.89. The van der Waals surface area contributed by atoms with E-state index in [4.69, 9.17) is 9.47 Å². The highest BCUT2D eigenvalue weighted by Crippen LogP contribution is 2.33. The fourth-order valence-corrected chi connectivity index (χ4v) is 4.87. The van der Waals surface area contributed by atoms with Gasteiger partial charge >= 0.3 is 0 Å². The summed E-state index contributed by atoms with van der Waals surface area (Å²) in [6, 6.07) is 12.6. The van der Waals surface area contributed by atoms with Crippen LogP contribution in [-0.2, 0) is 10.0 Å². The number of sulfonamides is 1. The molecule has 0 bridgehead atoms. The van der Waals surface area contributed by atoms with Crippen molar-refractivity contribution >= 4 is 15.8 Å². The molecule has 0 amide bonds. The molecular weight excluding hydrogens is 354 g/mol. The zero-order valence-electron chi connectivity index (χ0n) is 14.7. The Labute approximate surface area is 153 Å². The summed E-state index contributed by atoms with van der Waals surface area (Å²) in [7, 11) is -0.884. The lowest BCUT2D eigenvalue weighted by Gasteiger charge is -2.23. The molecule has 138 valence electrons. The van der Waals surface area contributed by atoms with E-state index in [2.05, 4.69) is 0 Å². The van der Waals surface area contributed by atoms with Crippen molar-refractivity contribution in [3.05, 3.63) is 54.1 Å². The molecule has 1 unspecified atom stereocenters. The predicted molar refractivity (Wildman–Crippen MR) is 97.2 cm³/mol. The first kappa shape index (κ1) is 18.4. The molecule has 0 aromatic heterocycles. The number of nitrogens with zero attached hydrogens (tertiary/aromatic N) is 1. The molecular formula is C19H21NO5S. The highest BCUT2D eigenvalue weighted by atomic mass is 32.2. The molecule has 0 N–H and O–H groups in total. The van der Waals surface area contributed by atoms with Crippen LogP contribution in [0.5, 0.6) is 11.5 Å². The van der Waals surface area contributed by atoms with Gasteiger partial charge in [-0.25, -0.2) is 8.42 Å². The second-order valence-electron chi connectivity index (χ2n) is 6.02. The normalized spacial score (nSPS) is 17.8. The lowest BCUT2D eigenvalue weighted by molar-refractivity contribution is 0.0918. The molecule has 0 aliphatic carbocycles. The van der Waals surface area contributed by atoms with Gasteiger partial charge in [0.1, 0.15) is 0 Å². The van der Waals surface area contributed by atoms with Crippen LogP contribution >= 0.6 is 0 Å². The minimum atomic E-state index is -3.82. The SMILES string of the molecule is COc1ccc(S(=O)(=O)N2CCCC2C(=O)c2ccccc2)cc1OC. The number of hydrogen-bond donors (Lipinski definition) is 0. The van der Waals surface area contributed by atoms with Crippen molar-refractivity contribution in [1.82, 2.24) is 4.31 Å². The lowest BCUT2D eigenvalue weighted by atomic mass is 10.0. The number of carbonyl (C=O) groups excluding carboxylic acids is 1. The maximum Gasteiger partial charge on any atom is 0.243 e. The average Bonchev–Trinajstić information content (AvgIpc) is 3.18. The van der Waals surface area contributed by atoms with Gasteiger partial charge in [0.2, 0.25) is 10.0 Å². The molecule has 1 aliphatic heterocycles. The Hall–Kier alpha value is -2.38. The third-order valence-electron chi connectivity index (χ3n) is 4.53. The molecule has 7 heteroatoms. The Morgan fingerprint density at radius 1 is 1.04 bits per heavy atom. The monoisotopic (exact) mass is 375 g/mol. The second kappa shape index (κ2) is 7.47. The molecule has 1 saturated heterocycles. The average molecular weight is 375 g/mol. The van der Waals surface area contributed by atoms with Crippen LogP contribution in [0.1, 0.15) is 23.2 Å². The molecule has 0 radical (unpaired) electrons. The molecule has 2 aromatic carbocycles. The Morgan fingerprint density at radius 2 is 1.73 bits per heavy atom. The minimum Gasteiger partial charge on any atom is -0.493 e. The quantitative estimate of drug-likeness (QED) is 0.726. The van der Waals surface area contributed by atoms with Crippen molar-refractivity contribution in [1.29, 1.82) is 0 Å². The van der Waals surface area contributed by atoms with Crippen LogP contribution in [0.3, 0.4) is 0 Å². The molecule has 1 heterocycles. The van der Waals surface area contributed by atoms with Crippen molar-refractivity contribution in [3.8, 4) is 11.5 Å². The topological polar surface area (TPSA) is 72.9 Å². The van der Waals surface area contributed by atoms with E-state index in [9.17, 15) is 13.2 Å². The number of Topliss-reactive ketones (excluding diaryl/α,β-unsaturated/α-hetero) is 1. The van der Waals surface area contributed by atoms with Gasteiger partial charge in [-0.2, -0.15) is 4.31 Å². The van der Waals surface area contributed by atoms with Gasteiger partial charge < -0.3 is 9.47 Å². The van der Waals surface area contributed by atoms with Gasteiger partial charge in [-0.05, 0) is 25.0 Å². The lowest BCUT2D eigenvalue weighted by Crippen LogP contribution is -2.40.